The summed E-state index contributed by atoms with van der Waals surface area (Å²) in [5.74, 6) is -3.41. The lowest BCUT2D eigenvalue weighted by molar-refractivity contribution is -0.148. The molecule has 0 radical (unpaired) electrons. The van der Waals surface area contributed by atoms with Crippen molar-refractivity contribution in [3.63, 3.8) is 0 Å². The number of rotatable bonds is 21. The lowest BCUT2D eigenvalue weighted by atomic mass is 9.89. The van der Waals surface area contributed by atoms with Crippen molar-refractivity contribution in [1.29, 1.82) is 0 Å². The number of methoxy groups -OCH3 is 2. The van der Waals surface area contributed by atoms with E-state index in [9.17, 15) is 29.1 Å². The second-order valence-electron chi connectivity index (χ2n) is 15.1. The SMILES string of the molecule is CC[C@H](C)C(C(CC(=O)N1CCC[C@H]1C(OC)C(C)C(=O)NC(Cc1cccc(Cl)c1)C(=O)O)OC)N(C)C(=O)[C@@H](NC(=O)[C@@H](NC)C(C)C)C(C)C. The van der Waals surface area contributed by atoms with Gasteiger partial charge in [-0.15, -0.1) is 0 Å². The van der Waals surface area contributed by atoms with Crippen LogP contribution in [0.25, 0.3) is 0 Å². The number of aliphatic carboxylic acids is 1. The summed E-state index contributed by atoms with van der Waals surface area (Å²) >= 11 is 6.08. The van der Waals surface area contributed by atoms with Crippen LogP contribution in [0.5, 0.6) is 0 Å². The Morgan fingerprint density at radius 3 is 2.13 bits per heavy atom. The molecule has 5 unspecified atom stereocenters. The first-order chi connectivity index (χ1) is 24.9. The van der Waals surface area contributed by atoms with Crippen LogP contribution in [0, 0.1) is 23.7 Å². The highest BCUT2D eigenvalue weighted by atomic mass is 35.5. The van der Waals surface area contributed by atoms with Gasteiger partial charge in [-0.05, 0) is 55.3 Å². The van der Waals surface area contributed by atoms with Gasteiger partial charge < -0.3 is 40.3 Å². The van der Waals surface area contributed by atoms with Gasteiger partial charge in [0.1, 0.15) is 12.1 Å². The van der Waals surface area contributed by atoms with Crippen molar-refractivity contribution in [2.24, 2.45) is 23.7 Å². The summed E-state index contributed by atoms with van der Waals surface area (Å²) in [4.78, 5) is 70.4. The molecule has 14 heteroatoms. The van der Waals surface area contributed by atoms with E-state index in [0.717, 1.165) is 0 Å². The highest BCUT2D eigenvalue weighted by Gasteiger charge is 2.43. The van der Waals surface area contributed by atoms with E-state index in [1.165, 1.54) is 14.2 Å². The van der Waals surface area contributed by atoms with Gasteiger partial charge in [0.2, 0.25) is 23.6 Å². The average Bonchev–Trinajstić information content (AvgIpc) is 3.59. The summed E-state index contributed by atoms with van der Waals surface area (Å²) in [7, 11) is 6.43. The van der Waals surface area contributed by atoms with Crippen molar-refractivity contribution >= 4 is 41.2 Å². The Morgan fingerprint density at radius 1 is 0.981 bits per heavy atom. The molecule has 1 aliphatic heterocycles. The number of benzene rings is 1. The van der Waals surface area contributed by atoms with Gasteiger partial charge in [0.15, 0.2) is 0 Å². The number of amides is 4. The second kappa shape index (κ2) is 21.6. The number of likely N-dealkylation sites (N-methyl/N-ethyl adjacent to an activating group) is 2. The minimum Gasteiger partial charge on any atom is -0.480 e. The number of ether oxygens (including phenoxy) is 2. The van der Waals surface area contributed by atoms with Gasteiger partial charge in [0.25, 0.3) is 0 Å². The van der Waals surface area contributed by atoms with E-state index >= 15 is 0 Å². The zero-order chi connectivity index (χ0) is 40.2. The highest BCUT2D eigenvalue weighted by Crippen LogP contribution is 2.30. The first-order valence-corrected chi connectivity index (χ1v) is 19.2. The maximum Gasteiger partial charge on any atom is 0.326 e. The predicted molar refractivity (Wildman–Crippen MR) is 205 cm³/mol. The lowest BCUT2D eigenvalue weighted by Gasteiger charge is -2.41. The molecule has 4 N–H and O–H groups in total. The first kappa shape index (κ1) is 45.9. The fraction of sp³-hybridized carbons (Fsp3) is 0.718. The number of hydrogen-bond acceptors (Lipinski definition) is 8. The molecule has 2 rings (SSSR count). The molecule has 0 aromatic heterocycles. The van der Waals surface area contributed by atoms with E-state index in [2.05, 4.69) is 16.0 Å². The molecule has 53 heavy (non-hydrogen) atoms. The topological polar surface area (TPSA) is 167 Å². The van der Waals surface area contributed by atoms with Crippen LogP contribution in [-0.4, -0.2) is 122 Å². The Labute approximate surface area is 321 Å². The van der Waals surface area contributed by atoms with Gasteiger partial charge in [-0.25, -0.2) is 4.79 Å². The van der Waals surface area contributed by atoms with E-state index in [1.807, 2.05) is 41.5 Å². The van der Waals surface area contributed by atoms with E-state index in [0.29, 0.717) is 36.4 Å². The molecule has 300 valence electrons. The molecule has 1 saturated heterocycles. The Bertz CT molecular complexity index is 1380. The fourth-order valence-corrected chi connectivity index (χ4v) is 7.67. The van der Waals surface area contributed by atoms with E-state index in [-0.39, 0.29) is 48.3 Å². The summed E-state index contributed by atoms with van der Waals surface area (Å²) in [6.07, 6.45) is 0.654. The molecule has 0 bridgehead atoms. The third kappa shape index (κ3) is 12.4. The number of carboxylic acid groups (broad SMARTS) is 1. The van der Waals surface area contributed by atoms with Crippen molar-refractivity contribution in [3.05, 3.63) is 34.9 Å². The average molecular weight is 766 g/mol. The van der Waals surface area contributed by atoms with E-state index < -0.39 is 60.2 Å². The summed E-state index contributed by atoms with van der Waals surface area (Å²) in [5, 5.41) is 19.0. The fourth-order valence-electron chi connectivity index (χ4n) is 7.45. The number of likely N-dealkylation sites (tertiary alicyclic amines) is 1. The maximum absolute atomic E-state index is 14.1. The standard InChI is InChI=1S/C39H64ClN5O8/c1-12-24(6)34(44(9)38(49)33(23(4)5)43-37(48)32(41-8)22(2)3)30(52-10)21-31(46)45-18-14-17-29(45)35(53-11)25(7)36(47)42-28(39(50)51)20-26-15-13-16-27(40)19-26/h13,15-16,19,22-25,28-30,32-35,41H,12,14,17-18,20-21H2,1-11H3,(H,42,47)(H,43,48)(H,50,51)/t24-,25?,28?,29-,30?,32-,33-,34?,35?/m0/s1. The Morgan fingerprint density at radius 2 is 1.62 bits per heavy atom. The summed E-state index contributed by atoms with van der Waals surface area (Å²) in [5.41, 5.74) is 0.669. The molecule has 4 amide bonds. The number of hydrogen-bond donors (Lipinski definition) is 4. The van der Waals surface area contributed by atoms with Crippen LogP contribution in [0.1, 0.15) is 79.7 Å². The molecule has 1 aliphatic rings. The number of nitrogens with zero attached hydrogens (tertiary/aromatic N) is 2. The van der Waals surface area contributed by atoms with Gasteiger partial charge in [-0.2, -0.15) is 0 Å². The molecule has 13 nitrogen and oxygen atoms in total. The molecule has 1 heterocycles. The molecule has 0 saturated carbocycles. The second-order valence-corrected chi connectivity index (χ2v) is 15.5. The van der Waals surface area contributed by atoms with Crippen LogP contribution in [0.15, 0.2) is 24.3 Å². The van der Waals surface area contributed by atoms with E-state index in [4.69, 9.17) is 21.1 Å². The van der Waals surface area contributed by atoms with Gasteiger partial charge in [0, 0.05) is 39.3 Å². The van der Waals surface area contributed by atoms with Crippen molar-refractivity contribution in [2.45, 2.75) is 123 Å². The number of carbonyl (C=O) groups excluding carboxylic acids is 4. The van der Waals surface area contributed by atoms with Crippen LogP contribution in [0.3, 0.4) is 0 Å². The maximum atomic E-state index is 14.1. The highest BCUT2D eigenvalue weighted by molar-refractivity contribution is 6.30. The third-order valence-corrected chi connectivity index (χ3v) is 10.9. The minimum atomic E-state index is -1.19. The van der Waals surface area contributed by atoms with Crippen LogP contribution < -0.4 is 16.0 Å². The van der Waals surface area contributed by atoms with Gasteiger partial charge in [0.05, 0.1) is 42.7 Å². The number of carboxylic acids is 1. The quantitative estimate of drug-likeness (QED) is 0.146. The van der Waals surface area contributed by atoms with Crippen LogP contribution in [-0.2, 0) is 39.9 Å². The van der Waals surface area contributed by atoms with Crippen molar-refractivity contribution in [1.82, 2.24) is 25.8 Å². The van der Waals surface area contributed by atoms with Crippen molar-refractivity contribution < 1.29 is 38.6 Å². The summed E-state index contributed by atoms with van der Waals surface area (Å²) in [6.45, 7) is 13.8. The molecular formula is C39H64ClN5O8. The van der Waals surface area contributed by atoms with Gasteiger partial charge >= 0.3 is 5.97 Å². The lowest BCUT2D eigenvalue weighted by Crippen LogP contribution is -2.59. The molecule has 9 atom stereocenters. The molecular weight excluding hydrogens is 702 g/mol. The minimum absolute atomic E-state index is 0.0169. The summed E-state index contributed by atoms with van der Waals surface area (Å²) < 4.78 is 11.8. The smallest absolute Gasteiger partial charge is 0.326 e. The third-order valence-electron chi connectivity index (χ3n) is 10.7. The normalized spacial score (nSPS) is 19.1. The molecule has 0 spiro atoms. The van der Waals surface area contributed by atoms with Crippen molar-refractivity contribution in [3.8, 4) is 0 Å². The molecule has 0 aliphatic carbocycles. The molecule has 1 aromatic carbocycles. The Hall–Kier alpha value is -3.26. The van der Waals surface area contributed by atoms with Crippen LogP contribution in [0.2, 0.25) is 5.02 Å². The summed E-state index contributed by atoms with van der Waals surface area (Å²) in [6, 6.07) is 3.45. The number of halogens is 1. The van der Waals surface area contributed by atoms with Gasteiger partial charge in [-0.3, -0.25) is 19.2 Å². The molecule has 1 aromatic rings. The van der Waals surface area contributed by atoms with Crippen LogP contribution in [0.4, 0.5) is 0 Å². The Balaban J connectivity index is 2.27. The van der Waals surface area contributed by atoms with Gasteiger partial charge in [-0.1, -0.05) is 78.6 Å². The number of nitrogens with one attached hydrogen (secondary N) is 3. The Kier molecular flexibility index (Phi) is 18.7. The first-order valence-electron chi connectivity index (χ1n) is 18.8. The van der Waals surface area contributed by atoms with Crippen LogP contribution >= 0.6 is 11.6 Å². The monoisotopic (exact) mass is 765 g/mol. The van der Waals surface area contributed by atoms with Crippen molar-refractivity contribution in [2.75, 3.05) is 34.9 Å². The predicted octanol–water partition coefficient (Wildman–Crippen LogP) is 3.76. The largest absolute Gasteiger partial charge is 0.480 e. The number of carbonyl (C=O) groups is 5. The molecule has 1 fully saturated rings. The zero-order valence-electron chi connectivity index (χ0n) is 33.5. The van der Waals surface area contributed by atoms with E-state index in [1.54, 1.807) is 55.1 Å². The zero-order valence-corrected chi connectivity index (χ0v) is 34.2.